The molecule has 0 saturated heterocycles. The van der Waals surface area contributed by atoms with Crippen LogP contribution in [0.3, 0.4) is 0 Å². The van der Waals surface area contributed by atoms with Crippen molar-refractivity contribution in [2.45, 2.75) is 18.5 Å². The van der Waals surface area contributed by atoms with E-state index in [9.17, 15) is 0 Å². The number of hydrogen-bond donors (Lipinski definition) is 1. The highest BCUT2D eigenvalue weighted by atomic mass is 15.2. The SMILES string of the molecule is CN(C)C1(N)CCc2ccccc21. The predicted octanol–water partition coefficient (Wildman–Crippen LogP) is 1.31. The van der Waals surface area contributed by atoms with Crippen LogP contribution in [0, 0.1) is 0 Å². The van der Waals surface area contributed by atoms with Crippen molar-refractivity contribution >= 4 is 0 Å². The summed E-state index contributed by atoms with van der Waals surface area (Å²) in [7, 11) is 4.09. The monoisotopic (exact) mass is 176 g/mol. The molecule has 1 aliphatic carbocycles. The largest absolute Gasteiger partial charge is 0.309 e. The van der Waals surface area contributed by atoms with Crippen molar-refractivity contribution in [1.82, 2.24) is 4.90 Å². The first-order valence-electron chi connectivity index (χ1n) is 4.69. The van der Waals surface area contributed by atoms with E-state index in [4.69, 9.17) is 5.73 Å². The molecule has 1 aromatic carbocycles. The second-order valence-corrected chi connectivity index (χ2v) is 3.98. The fourth-order valence-electron chi connectivity index (χ4n) is 2.09. The number of benzene rings is 1. The van der Waals surface area contributed by atoms with Gasteiger partial charge in [-0.25, -0.2) is 0 Å². The van der Waals surface area contributed by atoms with Crippen molar-refractivity contribution in [1.29, 1.82) is 0 Å². The van der Waals surface area contributed by atoms with Gasteiger partial charge in [-0.3, -0.25) is 4.90 Å². The molecule has 0 saturated carbocycles. The molecule has 0 fully saturated rings. The molecule has 1 unspecified atom stereocenters. The molecule has 2 N–H and O–H groups in total. The van der Waals surface area contributed by atoms with Crippen molar-refractivity contribution < 1.29 is 0 Å². The molecule has 70 valence electrons. The first-order chi connectivity index (χ1) is 6.14. The molecule has 0 bridgehead atoms. The summed E-state index contributed by atoms with van der Waals surface area (Å²) < 4.78 is 0. The minimum absolute atomic E-state index is 0.239. The van der Waals surface area contributed by atoms with Crippen LogP contribution in [-0.2, 0) is 12.1 Å². The van der Waals surface area contributed by atoms with Crippen LogP contribution in [0.5, 0.6) is 0 Å². The first kappa shape index (κ1) is 8.73. The van der Waals surface area contributed by atoms with Gasteiger partial charge < -0.3 is 5.73 Å². The molecule has 1 aliphatic rings. The Kier molecular flexibility index (Phi) is 1.90. The summed E-state index contributed by atoms with van der Waals surface area (Å²) in [6, 6.07) is 8.46. The standard InChI is InChI=1S/C11H16N2/c1-13(2)11(12)8-7-9-5-3-4-6-10(9)11/h3-6H,7-8,12H2,1-2H3. The zero-order chi connectivity index (χ0) is 9.47. The van der Waals surface area contributed by atoms with Gasteiger partial charge in [-0.2, -0.15) is 0 Å². The van der Waals surface area contributed by atoms with Gasteiger partial charge in [0, 0.05) is 0 Å². The molecule has 0 aliphatic heterocycles. The first-order valence-corrected chi connectivity index (χ1v) is 4.69. The maximum absolute atomic E-state index is 6.34. The smallest absolute Gasteiger partial charge is 0.0950 e. The van der Waals surface area contributed by atoms with Crippen LogP contribution in [-0.4, -0.2) is 19.0 Å². The van der Waals surface area contributed by atoms with E-state index >= 15 is 0 Å². The summed E-state index contributed by atoms with van der Waals surface area (Å²) in [6.07, 6.45) is 2.13. The minimum atomic E-state index is -0.239. The van der Waals surface area contributed by atoms with E-state index in [1.165, 1.54) is 11.1 Å². The topological polar surface area (TPSA) is 29.3 Å². The zero-order valence-corrected chi connectivity index (χ0v) is 8.25. The minimum Gasteiger partial charge on any atom is -0.309 e. The van der Waals surface area contributed by atoms with Crippen molar-refractivity contribution in [3.05, 3.63) is 35.4 Å². The normalized spacial score (nSPS) is 26.5. The van der Waals surface area contributed by atoms with Crippen LogP contribution < -0.4 is 5.73 Å². The molecule has 0 aromatic heterocycles. The highest BCUT2D eigenvalue weighted by molar-refractivity contribution is 5.37. The van der Waals surface area contributed by atoms with Gasteiger partial charge in [-0.1, -0.05) is 24.3 Å². The van der Waals surface area contributed by atoms with Crippen LogP contribution in [0.25, 0.3) is 0 Å². The number of nitrogens with zero attached hydrogens (tertiary/aromatic N) is 1. The summed E-state index contributed by atoms with van der Waals surface area (Å²) in [6.45, 7) is 0. The Morgan fingerprint density at radius 3 is 2.69 bits per heavy atom. The predicted molar refractivity (Wildman–Crippen MR) is 54.3 cm³/mol. The van der Waals surface area contributed by atoms with Crippen molar-refractivity contribution in [3.8, 4) is 0 Å². The quantitative estimate of drug-likeness (QED) is 0.654. The van der Waals surface area contributed by atoms with Gasteiger partial charge in [0.25, 0.3) is 0 Å². The lowest BCUT2D eigenvalue weighted by Gasteiger charge is -2.33. The molecular formula is C11H16N2. The molecule has 1 atom stereocenters. The van der Waals surface area contributed by atoms with E-state index in [1.807, 2.05) is 14.1 Å². The summed E-state index contributed by atoms with van der Waals surface area (Å²) >= 11 is 0. The second kappa shape index (κ2) is 2.82. The van der Waals surface area contributed by atoms with Gasteiger partial charge in [-0.15, -0.1) is 0 Å². The van der Waals surface area contributed by atoms with Crippen LogP contribution in [0.15, 0.2) is 24.3 Å². The van der Waals surface area contributed by atoms with Crippen molar-refractivity contribution in [2.75, 3.05) is 14.1 Å². The van der Waals surface area contributed by atoms with Crippen molar-refractivity contribution in [2.24, 2.45) is 5.73 Å². The molecule has 13 heavy (non-hydrogen) atoms. The molecule has 1 aromatic rings. The number of fused-ring (bicyclic) bond motifs is 1. The van der Waals surface area contributed by atoms with E-state index in [0.29, 0.717) is 0 Å². The van der Waals surface area contributed by atoms with Gasteiger partial charge in [0.15, 0.2) is 0 Å². The van der Waals surface area contributed by atoms with E-state index in [2.05, 4.69) is 29.2 Å². The lowest BCUT2D eigenvalue weighted by atomic mass is 10.0. The third-order valence-electron chi connectivity index (χ3n) is 3.06. The van der Waals surface area contributed by atoms with E-state index in [0.717, 1.165) is 12.8 Å². The Balaban J connectivity index is 2.49. The fourth-order valence-corrected chi connectivity index (χ4v) is 2.09. The number of rotatable bonds is 1. The third-order valence-corrected chi connectivity index (χ3v) is 3.06. The Morgan fingerprint density at radius 1 is 1.31 bits per heavy atom. The van der Waals surface area contributed by atoms with Gasteiger partial charge in [0.1, 0.15) is 0 Å². The lowest BCUT2D eigenvalue weighted by Crippen LogP contribution is -2.47. The average Bonchev–Trinajstić information content (AvgIpc) is 2.47. The molecule has 2 heteroatoms. The number of nitrogens with two attached hydrogens (primary N) is 1. The molecule has 0 spiro atoms. The molecule has 2 rings (SSSR count). The molecule has 0 heterocycles. The summed E-state index contributed by atoms with van der Waals surface area (Å²) in [5, 5.41) is 0. The summed E-state index contributed by atoms with van der Waals surface area (Å²) in [5.74, 6) is 0. The van der Waals surface area contributed by atoms with Gasteiger partial charge >= 0.3 is 0 Å². The van der Waals surface area contributed by atoms with E-state index in [-0.39, 0.29) is 5.66 Å². The lowest BCUT2D eigenvalue weighted by molar-refractivity contribution is 0.160. The summed E-state index contributed by atoms with van der Waals surface area (Å²) in [4.78, 5) is 2.11. The second-order valence-electron chi connectivity index (χ2n) is 3.98. The van der Waals surface area contributed by atoms with Gasteiger partial charge in [-0.05, 0) is 38.1 Å². The molecular weight excluding hydrogens is 160 g/mol. The van der Waals surface area contributed by atoms with Crippen LogP contribution >= 0.6 is 0 Å². The maximum Gasteiger partial charge on any atom is 0.0950 e. The average molecular weight is 176 g/mol. The van der Waals surface area contributed by atoms with Crippen LogP contribution in [0.2, 0.25) is 0 Å². The van der Waals surface area contributed by atoms with Crippen LogP contribution in [0.1, 0.15) is 17.5 Å². The van der Waals surface area contributed by atoms with Crippen molar-refractivity contribution in [3.63, 3.8) is 0 Å². The Labute approximate surface area is 79.4 Å². The number of hydrogen-bond acceptors (Lipinski definition) is 2. The molecule has 0 radical (unpaired) electrons. The highest BCUT2D eigenvalue weighted by Gasteiger charge is 2.36. The fraction of sp³-hybridized carbons (Fsp3) is 0.455. The van der Waals surface area contributed by atoms with Gasteiger partial charge in [0.05, 0.1) is 5.66 Å². The van der Waals surface area contributed by atoms with E-state index in [1.54, 1.807) is 0 Å². The third kappa shape index (κ3) is 1.18. The zero-order valence-electron chi connectivity index (χ0n) is 8.25. The maximum atomic E-state index is 6.34. The molecule has 2 nitrogen and oxygen atoms in total. The highest BCUT2D eigenvalue weighted by Crippen LogP contribution is 2.35. The summed E-state index contributed by atoms with van der Waals surface area (Å²) in [5.41, 5.74) is 8.79. The van der Waals surface area contributed by atoms with E-state index < -0.39 is 0 Å². The molecule has 0 amide bonds. The number of aryl methyl sites for hydroxylation is 1. The van der Waals surface area contributed by atoms with Crippen LogP contribution in [0.4, 0.5) is 0 Å². The van der Waals surface area contributed by atoms with Gasteiger partial charge in [0.2, 0.25) is 0 Å². The Morgan fingerprint density at radius 2 is 2.00 bits per heavy atom. The Bertz CT molecular complexity index is 320. The Hall–Kier alpha value is -0.860.